The van der Waals surface area contributed by atoms with Gasteiger partial charge in [-0.05, 0) is 61.1 Å². The molecule has 0 radical (unpaired) electrons. The van der Waals surface area contributed by atoms with Gasteiger partial charge in [0, 0.05) is 18.5 Å². The summed E-state index contributed by atoms with van der Waals surface area (Å²) < 4.78 is 13.2. The highest BCUT2D eigenvalue weighted by molar-refractivity contribution is 5.91. The molecule has 3 aliphatic rings. The van der Waals surface area contributed by atoms with Crippen LogP contribution in [0.5, 0.6) is 0 Å². The van der Waals surface area contributed by atoms with Gasteiger partial charge in [0.05, 0.1) is 0 Å². The molecule has 158 valence electrons. The molecule has 0 unspecified atom stereocenters. The van der Waals surface area contributed by atoms with Gasteiger partial charge >= 0.3 is 0 Å². The molecule has 2 saturated carbocycles. The van der Waals surface area contributed by atoms with Crippen molar-refractivity contribution in [1.82, 2.24) is 10.2 Å². The first-order chi connectivity index (χ1) is 13.9. The summed E-state index contributed by atoms with van der Waals surface area (Å²) in [5.74, 6) is 0.786. The molecule has 5 heteroatoms. The Kier molecular flexibility index (Phi) is 5.93. The Morgan fingerprint density at radius 1 is 1.17 bits per heavy atom. The summed E-state index contributed by atoms with van der Waals surface area (Å²) in [5, 5.41) is 3.26. The molecule has 1 aliphatic heterocycles. The summed E-state index contributed by atoms with van der Waals surface area (Å²) in [5.41, 5.74) is 1.02. The summed E-state index contributed by atoms with van der Waals surface area (Å²) in [6.07, 6.45) is 7.49. The second kappa shape index (κ2) is 8.45. The Hall–Kier alpha value is -1.91. The van der Waals surface area contributed by atoms with Crippen molar-refractivity contribution in [3.63, 3.8) is 0 Å². The highest BCUT2D eigenvalue weighted by Gasteiger charge is 2.49. The van der Waals surface area contributed by atoms with Crippen LogP contribution in [0, 0.1) is 23.6 Å². The van der Waals surface area contributed by atoms with E-state index in [2.05, 4.69) is 19.2 Å². The van der Waals surface area contributed by atoms with Gasteiger partial charge in [-0.25, -0.2) is 4.39 Å². The number of hydrogen-bond acceptors (Lipinski definition) is 2. The lowest BCUT2D eigenvalue weighted by Gasteiger charge is -2.43. The number of piperazine rings is 1. The molecule has 1 aromatic rings. The average Bonchev–Trinajstić information content (AvgIpc) is 3.50. The average molecular weight is 401 g/mol. The Morgan fingerprint density at radius 2 is 1.86 bits per heavy atom. The topological polar surface area (TPSA) is 49.4 Å². The maximum absolute atomic E-state index is 13.4. The Bertz CT molecular complexity index is 742. The monoisotopic (exact) mass is 400 g/mol. The van der Waals surface area contributed by atoms with Gasteiger partial charge < -0.3 is 10.2 Å². The zero-order valence-corrected chi connectivity index (χ0v) is 17.6. The van der Waals surface area contributed by atoms with E-state index in [0.29, 0.717) is 24.8 Å². The Labute approximate surface area is 173 Å². The first-order valence-corrected chi connectivity index (χ1v) is 11.3. The van der Waals surface area contributed by atoms with E-state index < -0.39 is 0 Å². The minimum absolute atomic E-state index is 0.0212. The van der Waals surface area contributed by atoms with Crippen LogP contribution in [0.15, 0.2) is 24.3 Å². The van der Waals surface area contributed by atoms with Crippen molar-refractivity contribution in [1.29, 1.82) is 0 Å². The molecule has 0 bridgehead atoms. The van der Waals surface area contributed by atoms with Gasteiger partial charge in [0.1, 0.15) is 11.9 Å². The molecule has 1 aromatic carbocycles. The van der Waals surface area contributed by atoms with Crippen molar-refractivity contribution in [3.05, 3.63) is 35.6 Å². The lowest BCUT2D eigenvalue weighted by atomic mass is 9.82. The van der Waals surface area contributed by atoms with Gasteiger partial charge in [-0.15, -0.1) is 0 Å². The number of amides is 2. The van der Waals surface area contributed by atoms with Crippen LogP contribution in [0.2, 0.25) is 0 Å². The van der Waals surface area contributed by atoms with Gasteiger partial charge in [-0.2, -0.15) is 0 Å². The van der Waals surface area contributed by atoms with E-state index in [1.54, 1.807) is 12.1 Å². The first-order valence-electron chi connectivity index (χ1n) is 11.3. The van der Waals surface area contributed by atoms with Crippen molar-refractivity contribution in [2.75, 3.05) is 6.54 Å². The fourth-order valence-corrected chi connectivity index (χ4v) is 5.29. The van der Waals surface area contributed by atoms with Crippen molar-refractivity contribution >= 4 is 11.8 Å². The second-order valence-corrected chi connectivity index (χ2v) is 9.65. The van der Waals surface area contributed by atoms with Crippen LogP contribution in [-0.2, 0) is 9.59 Å². The Morgan fingerprint density at radius 3 is 2.52 bits per heavy atom. The summed E-state index contributed by atoms with van der Waals surface area (Å²) in [7, 11) is 0. The molecule has 1 saturated heterocycles. The number of hydrogen-bond donors (Lipinski definition) is 1. The minimum Gasteiger partial charge on any atom is -0.350 e. The van der Waals surface area contributed by atoms with Crippen molar-refractivity contribution in [3.8, 4) is 0 Å². The van der Waals surface area contributed by atoms with Crippen LogP contribution in [-0.4, -0.2) is 35.3 Å². The van der Waals surface area contributed by atoms with Crippen molar-refractivity contribution < 1.29 is 14.0 Å². The summed E-state index contributed by atoms with van der Waals surface area (Å²) in [4.78, 5) is 28.3. The van der Waals surface area contributed by atoms with Crippen molar-refractivity contribution in [2.24, 2.45) is 17.8 Å². The number of nitrogens with one attached hydrogen (secondary N) is 1. The van der Waals surface area contributed by atoms with Gasteiger partial charge in [0.25, 0.3) is 0 Å². The standard InChI is InChI=1S/C24H33FN2O2/c1-15(2)12-22-23(28)26-21(17-6-4-3-5-7-17)14-27(22)24(29)20-13-19(20)16-8-10-18(25)11-9-16/h8-11,15,17,19-22H,3-7,12-14H2,1-2H3,(H,26,28)/t19-,20+,21+,22-/m0/s1. The molecular weight excluding hydrogens is 367 g/mol. The second-order valence-electron chi connectivity index (χ2n) is 9.65. The third-order valence-corrected chi connectivity index (χ3v) is 7.00. The predicted octanol–water partition coefficient (Wildman–Crippen LogP) is 4.25. The number of carbonyl (C=O) groups is 2. The molecule has 2 amide bonds. The molecule has 4 nitrogen and oxygen atoms in total. The Balaban J connectivity index is 1.49. The lowest BCUT2D eigenvalue weighted by molar-refractivity contribution is -0.147. The smallest absolute Gasteiger partial charge is 0.243 e. The fourth-order valence-electron chi connectivity index (χ4n) is 5.29. The van der Waals surface area contributed by atoms with E-state index in [1.807, 2.05) is 4.90 Å². The summed E-state index contributed by atoms with van der Waals surface area (Å²) in [6, 6.07) is 6.21. The van der Waals surface area contributed by atoms with Crippen LogP contribution in [0.1, 0.15) is 70.3 Å². The largest absolute Gasteiger partial charge is 0.350 e. The van der Waals surface area contributed by atoms with E-state index in [1.165, 1.54) is 31.4 Å². The fraction of sp³-hybridized carbons (Fsp3) is 0.667. The van der Waals surface area contributed by atoms with Gasteiger partial charge in [0.15, 0.2) is 0 Å². The zero-order chi connectivity index (χ0) is 20.5. The SMILES string of the molecule is CC(C)C[C@H]1C(=O)N[C@@H](C2CCCCC2)CN1C(=O)[C@@H]1C[C@H]1c1ccc(F)cc1. The zero-order valence-electron chi connectivity index (χ0n) is 17.6. The van der Waals surface area contributed by atoms with E-state index in [9.17, 15) is 14.0 Å². The maximum atomic E-state index is 13.4. The lowest BCUT2D eigenvalue weighted by Crippen LogP contribution is -2.64. The van der Waals surface area contributed by atoms with E-state index in [4.69, 9.17) is 0 Å². The molecule has 0 spiro atoms. The van der Waals surface area contributed by atoms with Crippen molar-refractivity contribution in [2.45, 2.75) is 76.8 Å². The molecule has 4 rings (SSSR count). The summed E-state index contributed by atoms with van der Waals surface area (Å²) >= 11 is 0. The first kappa shape index (κ1) is 20.4. The summed E-state index contributed by atoms with van der Waals surface area (Å²) in [6.45, 7) is 4.84. The molecule has 1 N–H and O–H groups in total. The van der Waals surface area contributed by atoms with Crippen LogP contribution in [0.4, 0.5) is 4.39 Å². The van der Waals surface area contributed by atoms with Crippen LogP contribution in [0.25, 0.3) is 0 Å². The molecule has 4 atom stereocenters. The van der Waals surface area contributed by atoms with Gasteiger partial charge in [-0.1, -0.05) is 45.2 Å². The number of nitrogens with zero attached hydrogens (tertiary/aromatic N) is 1. The van der Waals surface area contributed by atoms with Crippen LogP contribution in [0.3, 0.4) is 0 Å². The van der Waals surface area contributed by atoms with Gasteiger partial charge in [-0.3, -0.25) is 9.59 Å². The molecular formula is C24H33FN2O2. The van der Waals surface area contributed by atoms with E-state index in [0.717, 1.165) is 24.8 Å². The molecule has 0 aromatic heterocycles. The van der Waals surface area contributed by atoms with E-state index >= 15 is 0 Å². The molecule has 1 heterocycles. The minimum atomic E-state index is -0.364. The quantitative estimate of drug-likeness (QED) is 0.803. The molecule has 2 aliphatic carbocycles. The number of benzene rings is 1. The molecule has 29 heavy (non-hydrogen) atoms. The maximum Gasteiger partial charge on any atom is 0.243 e. The highest BCUT2D eigenvalue weighted by Crippen LogP contribution is 2.49. The number of rotatable bonds is 5. The van der Waals surface area contributed by atoms with Crippen LogP contribution < -0.4 is 5.32 Å². The van der Waals surface area contributed by atoms with Gasteiger partial charge in [0.2, 0.25) is 11.8 Å². The third-order valence-electron chi connectivity index (χ3n) is 7.00. The van der Waals surface area contributed by atoms with E-state index in [-0.39, 0.29) is 41.6 Å². The predicted molar refractivity (Wildman–Crippen MR) is 111 cm³/mol. The third kappa shape index (κ3) is 4.49. The molecule has 3 fully saturated rings. The normalized spacial score (nSPS) is 30.3. The highest BCUT2D eigenvalue weighted by atomic mass is 19.1. The number of halogens is 1. The van der Waals surface area contributed by atoms with Crippen LogP contribution >= 0.6 is 0 Å². The number of carbonyl (C=O) groups excluding carboxylic acids is 2.